The molecule has 98 valence electrons. The number of thioether (sulfide) groups is 2. The lowest BCUT2D eigenvalue weighted by Gasteiger charge is -2.33. The van der Waals surface area contributed by atoms with Gasteiger partial charge in [-0.15, -0.1) is 11.8 Å². The van der Waals surface area contributed by atoms with Crippen LogP contribution in [0.15, 0.2) is 9.93 Å². The maximum atomic E-state index is 11.3. The lowest BCUT2D eigenvalue weighted by Crippen LogP contribution is -2.48. The van der Waals surface area contributed by atoms with Crippen LogP contribution >= 0.6 is 23.5 Å². The van der Waals surface area contributed by atoms with Gasteiger partial charge >= 0.3 is 5.97 Å². The zero-order valence-electron chi connectivity index (χ0n) is 9.63. The predicted octanol–water partition coefficient (Wildman–Crippen LogP) is 0.415. The summed E-state index contributed by atoms with van der Waals surface area (Å²) in [6.45, 7) is 1.91. The molecule has 2 N–H and O–H groups in total. The maximum Gasteiger partial charge on any atom is 0.354 e. The lowest BCUT2D eigenvalue weighted by atomic mass is 10.2. The van der Waals surface area contributed by atoms with Crippen molar-refractivity contribution < 1.29 is 19.5 Å². The summed E-state index contributed by atoms with van der Waals surface area (Å²) in [5.41, 5.74) is 0.0917. The minimum atomic E-state index is -1.07. The zero-order valence-corrected chi connectivity index (χ0v) is 11.3. The van der Waals surface area contributed by atoms with Crippen LogP contribution in [0.3, 0.4) is 0 Å². The van der Waals surface area contributed by atoms with Gasteiger partial charge in [-0.25, -0.2) is 4.79 Å². The van der Waals surface area contributed by atoms with Gasteiger partial charge < -0.3 is 10.4 Å². The second-order valence-electron chi connectivity index (χ2n) is 3.81. The van der Waals surface area contributed by atoms with E-state index in [4.69, 9.17) is 5.11 Å². The summed E-state index contributed by atoms with van der Waals surface area (Å²) in [5.74, 6) is -0.725. The number of carboxylic acid groups (broad SMARTS) is 1. The molecule has 2 amide bonds. The first-order chi connectivity index (χ1) is 8.50. The van der Waals surface area contributed by atoms with E-state index in [1.165, 1.54) is 35.3 Å². The Balaban J connectivity index is 1.96. The van der Waals surface area contributed by atoms with E-state index < -0.39 is 5.97 Å². The van der Waals surface area contributed by atoms with Crippen molar-refractivity contribution in [3.8, 4) is 0 Å². The van der Waals surface area contributed by atoms with Gasteiger partial charge in [0.1, 0.15) is 0 Å². The van der Waals surface area contributed by atoms with Gasteiger partial charge in [-0.05, 0) is 0 Å². The Kier molecular flexibility index (Phi) is 3.86. The zero-order chi connectivity index (χ0) is 13.3. The third kappa shape index (κ3) is 2.49. The van der Waals surface area contributed by atoms with Gasteiger partial charge in [-0.3, -0.25) is 14.5 Å². The lowest BCUT2D eigenvalue weighted by molar-refractivity contribution is -0.145. The number of aliphatic carboxylic acids is 1. The van der Waals surface area contributed by atoms with E-state index in [1.54, 1.807) is 0 Å². The Labute approximate surface area is 112 Å². The van der Waals surface area contributed by atoms with Crippen molar-refractivity contribution in [3.05, 3.63) is 9.93 Å². The predicted molar refractivity (Wildman–Crippen MR) is 68.6 cm³/mol. The number of β-lactam (4-membered cyclic amide) rings is 1. The van der Waals surface area contributed by atoms with Crippen LogP contribution < -0.4 is 5.32 Å². The number of carboxylic acids is 1. The number of nitrogens with zero attached hydrogens (tertiary/aromatic N) is 1. The van der Waals surface area contributed by atoms with Crippen LogP contribution in [0.4, 0.5) is 0 Å². The van der Waals surface area contributed by atoms with Crippen molar-refractivity contribution >= 4 is 41.3 Å². The molecule has 1 saturated heterocycles. The van der Waals surface area contributed by atoms with E-state index in [-0.39, 0.29) is 22.9 Å². The van der Waals surface area contributed by atoms with Gasteiger partial charge in [0.05, 0.1) is 16.0 Å². The number of nitrogens with one attached hydrogen (secondary N) is 1. The van der Waals surface area contributed by atoms with Crippen LogP contribution in [-0.4, -0.2) is 45.5 Å². The van der Waals surface area contributed by atoms with Gasteiger partial charge in [0.25, 0.3) is 0 Å². The number of carbonyl (C=O) groups is 3. The highest BCUT2D eigenvalue weighted by Gasteiger charge is 2.48. The molecule has 0 aromatic heterocycles. The van der Waals surface area contributed by atoms with Crippen molar-refractivity contribution in [1.29, 1.82) is 0 Å². The molecule has 0 spiro atoms. The standard InChI is InChI=1S/C10H12N2O4S2/c1-5(13)11-2-3-17-10-8(9(15)16)12-6(14)4-7(12)18-10/h7H,2-4H2,1H3,(H,11,13)(H,15,16)/t7-/m0/s1. The highest BCUT2D eigenvalue weighted by Crippen LogP contribution is 2.50. The maximum absolute atomic E-state index is 11.3. The Hall–Kier alpha value is -1.15. The second kappa shape index (κ2) is 5.23. The first kappa shape index (κ1) is 13.3. The van der Waals surface area contributed by atoms with Crippen LogP contribution in [0.5, 0.6) is 0 Å². The second-order valence-corrected chi connectivity index (χ2v) is 6.36. The summed E-state index contributed by atoms with van der Waals surface area (Å²) in [6, 6.07) is 0. The summed E-state index contributed by atoms with van der Waals surface area (Å²) in [4.78, 5) is 34.5. The van der Waals surface area contributed by atoms with E-state index in [0.717, 1.165) is 0 Å². The Morgan fingerprint density at radius 3 is 2.89 bits per heavy atom. The first-order valence-electron chi connectivity index (χ1n) is 5.34. The Morgan fingerprint density at radius 1 is 1.61 bits per heavy atom. The summed E-state index contributed by atoms with van der Waals surface area (Å²) in [5, 5.41) is 11.7. The van der Waals surface area contributed by atoms with E-state index in [1.807, 2.05) is 0 Å². The average Bonchev–Trinajstić information content (AvgIpc) is 2.57. The molecule has 0 radical (unpaired) electrons. The molecule has 1 fully saturated rings. The van der Waals surface area contributed by atoms with Crippen molar-refractivity contribution in [2.45, 2.75) is 18.7 Å². The molecule has 0 bridgehead atoms. The van der Waals surface area contributed by atoms with Crippen molar-refractivity contribution in [1.82, 2.24) is 10.2 Å². The average molecular weight is 288 g/mol. The molecule has 0 aliphatic carbocycles. The SMILES string of the molecule is CC(=O)NCCSC1=C(C(=O)O)N2C(=O)C[C@@H]2S1. The normalized spacial score (nSPS) is 21.7. The molecule has 2 aliphatic heterocycles. The first-order valence-corrected chi connectivity index (χ1v) is 7.20. The molecule has 2 rings (SSSR count). The smallest absolute Gasteiger partial charge is 0.354 e. The highest BCUT2D eigenvalue weighted by molar-refractivity contribution is 8.22. The topological polar surface area (TPSA) is 86.7 Å². The molecule has 1 atom stereocenters. The van der Waals surface area contributed by atoms with Gasteiger partial charge in [0.15, 0.2) is 5.70 Å². The minimum absolute atomic E-state index is 0.0492. The monoisotopic (exact) mass is 288 g/mol. The number of carbonyl (C=O) groups excluding carboxylic acids is 2. The molecule has 18 heavy (non-hydrogen) atoms. The van der Waals surface area contributed by atoms with Crippen LogP contribution in [0.25, 0.3) is 0 Å². The third-order valence-corrected chi connectivity index (χ3v) is 5.06. The van der Waals surface area contributed by atoms with E-state index in [2.05, 4.69) is 5.32 Å². The summed E-state index contributed by atoms with van der Waals surface area (Å²) < 4.78 is 0.656. The minimum Gasteiger partial charge on any atom is -0.477 e. The Morgan fingerprint density at radius 2 is 2.33 bits per heavy atom. The molecule has 6 nitrogen and oxygen atoms in total. The van der Waals surface area contributed by atoms with E-state index in [0.29, 0.717) is 23.0 Å². The summed E-state index contributed by atoms with van der Waals surface area (Å²) >= 11 is 2.78. The van der Waals surface area contributed by atoms with Crippen molar-refractivity contribution in [2.24, 2.45) is 0 Å². The molecule has 0 saturated carbocycles. The molecule has 2 heterocycles. The molecular formula is C10H12N2O4S2. The van der Waals surface area contributed by atoms with E-state index in [9.17, 15) is 14.4 Å². The van der Waals surface area contributed by atoms with Crippen LogP contribution in [0.2, 0.25) is 0 Å². The Bertz CT molecular complexity index is 449. The quantitative estimate of drug-likeness (QED) is 0.563. The fourth-order valence-electron chi connectivity index (χ4n) is 1.69. The number of hydrogen-bond acceptors (Lipinski definition) is 5. The number of fused-ring (bicyclic) bond motifs is 1. The summed E-state index contributed by atoms with van der Waals surface area (Å²) in [6.07, 6.45) is 0.400. The number of amides is 2. The molecule has 0 aromatic carbocycles. The van der Waals surface area contributed by atoms with Gasteiger partial charge in [-0.2, -0.15) is 0 Å². The van der Waals surface area contributed by atoms with Gasteiger partial charge in [0, 0.05) is 19.2 Å². The largest absolute Gasteiger partial charge is 0.477 e. The van der Waals surface area contributed by atoms with Crippen molar-refractivity contribution in [2.75, 3.05) is 12.3 Å². The van der Waals surface area contributed by atoms with Gasteiger partial charge in [0.2, 0.25) is 11.8 Å². The van der Waals surface area contributed by atoms with Crippen molar-refractivity contribution in [3.63, 3.8) is 0 Å². The number of rotatable bonds is 5. The number of hydrogen-bond donors (Lipinski definition) is 2. The molecule has 8 heteroatoms. The summed E-state index contributed by atoms with van der Waals surface area (Å²) in [7, 11) is 0. The molecule has 0 unspecified atom stereocenters. The van der Waals surface area contributed by atoms with Crippen LogP contribution in [0, 0.1) is 0 Å². The molecular weight excluding hydrogens is 276 g/mol. The fraction of sp³-hybridized carbons (Fsp3) is 0.500. The van der Waals surface area contributed by atoms with Gasteiger partial charge in [-0.1, -0.05) is 11.8 Å². The van der Waals surface area contributed by atoms with Crippen LogP contribution in [0.1, 0.15) is 13.3 Å². The molecule has 2 aliphatic rings. The fourth-order valence-corrected chi connectivity index (χ4v) is 4.36. The third-order valence-electron chi connectivity index (χ3n) is 2.49. The highest BCUT2D eigenvalue weighted by atomic mass is 32.2. The van der Waals surface area contributed by atoms with Crippen LogP contribution in [-0.2, 0) is 14.4 Å². The van der Waals surface area contributed by atoms with E-state index >= 15 is 0 Å². The molecule has 0 aromatic rings.